The van der Waals surface area contributed by atoms with Crippen LogP contribution in [0.2, 0.25) is 0 Å². The summed E-state index contributed by atoms with van der Waals surface area (Å²) in [5.41, 5.74) is 2.17. The summed E-state index contributed by atoms with van der Waals surface area (Å²) in [7, 11) is 2.22. The third kappa shape index (κ3) is 4.25. The van der Waals surface area contributed by atoms with Crippen LogP contribution in [0.3, 0.4) is 0 Å². The number of likely N-dealkylation sites (tertiary alicyclic amines) is 1. The zero-order valence-corrected chi connectivity index (χ0v) is 17.5. The summed E-state index contributed by atoms with van der Waals surface area (Å²) in [5, 5.41) is 15.3. The lowest BCUT2D eigenvalue weighted by Gasteiger charge is -2.23. The van der Waals surface area contributed by atoms with E-state index in [0.717, 1.165) is 49.4 Å². The summed E-state index contributed by atoms with van der Waals surface area (Å²) in [6.45, 7) is 9.78. The summed E-state index contributed by atoms with van der Waals surface area (Å²) >= 11 is 0. The zero-order chi connectivity index (χ0) is 19.5. The van der Waals surface area contributed by atoms with Gasteiger partial charge in [0.15, 0.2) is 5.65 Å². The maximum absolute atomic E-state index is 4.92. The molecule has 0 radical (unpaired) electrons. The maximum Gasteiger partial charge on any atom is 0.163 e. The van der Waals surface area contributed by atoms with Crippen molar-refractivity contribution < 1.29 is 0 Å². The second-order valence-electron chi connectivity index (χ2n) is 8.75. The van der Waals surface area contributed by atoms with Gasteiger partial charge >= 0.3 is 0 Å². The molecular formula is C21H35N7. The minimum Gasteiger partial charge on any atom is -0.370 e. The highest BCUT2D eigenvalue weighted by atomic mass is 15.3. The molecule has 2 aliphatic heterocycles. The van der Waals surface area contributed by atoms with E-state index in [-0.39, 0.29) is 0 Å². The predicted molar refractivity (Wildman–Crippen MR) is 115 cm³/mol. The maximum atomic E-state index is 4.92. The van der Waals surface area contributed by atoms with Crippen LogP contribution >= 0.6 is 0 Å². The molecule has 2 aromatic rings. The van der Waals surface area contributed by atoms with Gasteiger partial charge in [-0.3, -0.25) is 0 Å². The monoisotopic (exact) mass is 385 g/mol. The molecule has 3 N–H and O–H groups in total. The summed E-state index contributed by atoms with van der Waals surface area (Å²) in [4.78, 5) is 7.37. The lowest BCUT2D eigenvalue weighted by atomic mass is 9.98. The summed E-state index contributed by atoms with van der Waals surface area (Å²) in [6.07, 6.45) is 6.98. The van der Waals surface area contributed by atoms with E-state index in [1.807, 2.05) is 10.7 Å². The Balaban J connectivity index is 1.54. The van der Waals surface area contributed by atoms with Gasteiger partial charge in [0.25, 0.3) is 0 Å². The van der Waals surface area contributed by atoms with Crippen molar-refractivity contribution in [3.63, 3.8) is 0 Å². The van der Waals surface area contributed by atoms with Gasteiger partial charge in [-0.15, -0.1) is 0 Å². The molecule has 154 valence electrons. The van der Waals surface area contributed by atoms with E-state index in [0.29, 0.717) is 12.0 Å². The van der Waals surface area contributed by atoms with Crippen molar-refractivity contribution in [3.05, 3.63) is 17.8 Å². The first-order chi connectivity index (χ1) is 13.6. The van der Waals surface area contributed by atoms with Gasteiger partial charge in [-0.2, -0.15) is 9.61 Å². The van der Waals surface area contributed by atoms with Crippen molar-refractivity contribution in [1.82, 2.24) is 24.8 Å². The van der Waals surface area contributed by atoms with Gasteiger partial charge in [-0.1, -0.05) is 13.8 Å². The molecule has 2 fully saturated rings. The van der Waals surface area contributed by atoms with Crippen LogP contribution in [0.15, 0.2) is 12.3 Å². The number of likely N-dealkylation sites (N-methyl/N-ethyl adjacent to an activating group) is 1. The highest BCUT2D eigenvalue weighted by molar-refractivity contribution is 5.61. The van der Waals surface area contributed by atoms with Crippen molar-refractivity contribution in [2.24, 2.45) is 5.92 Å². The van der Waals surface area contributed by atoms with E-state index in [9.17, 15) is 0 Å². The van der Waals surface area contributed by atoms with Crippen LogP contribution in [-0.2, 0) is 0 Å². The average Bonchev–Trinajstić information content (AvgIpc) is 3.31. The molecule has 7 heteroatoms. The highest BCUT2D eigenvalue weighted by Crippen LogP contribution is 2.25. The van der Waals surface area contributed by atoms with E-state index in [2.05, 4.69) is 52.9 Å². The minimum absolute atomic E-state index is 0.401. The second-order valence-corrected chi connectivity index (χ2v) is 8.75. The van der Waals surface area contributed by atoms with Crippen LogP contribution in [0.25, 0.3) is 5.65 Å². The first-order valence-electron chi connectivity index (χ1n) is 10.9. The van der Waals surface area contributed by atoms with Gasteiger partial charge in [0.2, 0.25) is 0 Å². The molecule has 0 bridgehead atoms. The number of aromatic nitrogens is 3. The van der Waals surface area contributed by atoms with Crippen LogP contribution < -0.4 is 16.0 Å². The molecule has 1 atom stereocenters. The van der Waals surface area contributed by atoms with E-state index in [1.165, 1.54) is 37.8 Å². The molecule has 0 spiro atoms. The van der Waals surface area contributed by atoms with Gasteiger partial charge in [-0.05, 0) is 64.2 Å². The quantitative estimate of drug-likeness (QED) is 0.681. The first-order valence-corrected chi connectivity index (χ1v) is 10.9. The summed E-state index contributed by atoms with van der Waals surface area (Å²) < 4.78 is 1.97. The Morgan fingerprint density at radius 1 is 1.18 bits per heavy atom. The van der Waals surface area contributed by atoms with Gasteiger partial charge < -0.3 is 20.9 Å². The Morgan fingerprint density at radius 3 is 2.71 bits per heavy atom. The number of hydrogen-bond acceptors (Lipinski definition) is 6. The van der Waals surface area contributed by atoms with Crippen LogP contribution in [-0.4, -0.2) is 65.3 Å². The number of nitrogens with one attached hydrogen (secondary N) is 3. The fourth-order valence-electron chi connectivity index (χ4n) is 4.40. The number of fused-ring (bicyclic) bond motifs is 1. The lowest BCUT2D eigenvalue weighted by molar-refractivity contribution is 0.322. The van der Waals surface area contributed by atoms with Gasteiger partial charge in [0, 0.05) is 30.8 Å². The van der Waals surface area contributed by atoms with Crippen molar-refractivity contribution >= 4 is 17.3 Å². The summed E-state index contributed by atoms with van der Waals surface area (Å²) in [6, 6.07) is 2.72. The first kappa shape index (κ1) is 19.5. The molecule has 4 heterocycles. The molecule has 0 aromatic carbocycles. The van der Waals surface area contributed by atoms with E-state index in [4.69, 9.17) is 4.98 Å². The molecule has 0 saturated carbocycles. The molecule has 2 aromatic heterocycles. The number of nitrogens with zero attached hydrogens (tertiary/aromatic N) is 4. The fourth-order valence-corrected chi connectivity index (χ4v) is 4.40. The number of rotatable bonds is 7. The fraction of sp³-hybridized carbons (Fsp3) is 0.714. The largest absolute Gasteiger partial charge is 0.370 e. The molecule has 2 aliphatic rings. The molecule has 4 rings (SSSR count). The number of anilines is 2. The van der Waals surface area contributed by atoms with Crippen molar-refractivity contribution in [2.45, 2.75) is 51.5 Å². The highest BCUT2D eigenvalue weighted by Gasteiger charge is 2.21. The van der Waals surface area contributed by atoms with Crippen LogP contribution in [0.4, 0.5) is 11.6 Å². The molecule has 2 saturated heterocycles. The number of piperidine rings is 1. The third-order valence-electron chi connectivity index (χ3n) is 6.34. The Kier molecular flexibility index (Phi) is 6.01. The van der Waals surface area contributed by atoms with Crippen molar-refractivity contribution in [1.29, 1.82) is 0 Å². The van der Waals surface area contributed by atoms with Crippen LogP contribution in [0.1, 0.15) is 51.0 Å². The van der Waals surface area contributed by atoms with Gasteiger partial charge in [0.05, 0.1) is 6.20 Å². The van der Waals surface area contributed by atoms with E-state index < -0.39 is 0 Å². The molecule has 0 aliphatic carbocycles. The number of hydrogen-bond donors (Lipinski definition) is 3. The zero-order valence-electron chi connectivity index (χ0n) is 17.5. The lowest BCUT2D eigenvalue weighted by Crippen LogP contribution is -2.32. The average molecular weight is 386 g/mol. The summed E-state index contributed by atoms with van der Waals surface area (Å²) in [5.74, 6) is 3.11. The Bertz CT molecular complexity index is 778. The smallest absolute Gasteiger partial charge is 0.163 e. The van der Waals surface area contributed by atoms with Crippen LogP contribution in [0.5, 0.6) is 0 Å². The molecule has 7 nitrogen and oxygen atoms in total. The standard InChI is InChI=1S/C21H35N7/c1-15(2)18-14-25-28-20(24-13-17-5-4-10-27(17)3)11-19(26-21(18)28)23-12-16-6-8-22-9-7-16/h11,14-17,22,24H,4-10,12-13H2,1-3H3,(H,23,26). The molecular weight excluding hydrogens is 350 g/mol. The molecule has 0 amide bonds. The van der Waals surface area contributed by atoms with E-state index >= 15 is 0 Å². The predicted octanol–water partition coefficient (Wildman–Crippen LogP) is 2.77. The molecule has 28 heavy (non-hydrogen) atoms. The SMILES string of the molecule is CC(C)c1cnn2c(NCC3CCCN3C)cc(NCC3CCNCC3)nc12. The van der Waals surface area contributed by atoms with Gasteiger partial charge in [0.1, 0.15) is 11.6 Å². The second kappa shape index (κ2) is 8.66. The molecule has 1 unspecified atom stereocenters. The van der Waals surface area contributed by atoms with Crippen molar-refractivity contribution in [2.75, 3.05) is 50.4 Å². The Labute approximate surface area is 168 Å². The van der Waals surface area contributed by atoms with E-state index in [1.54, 1.807) is 0 Å². The Hall–Kier alpha value is -1.86. The normalized spacial score (nSPS) is 21.6. The Morgan fingerprint density at radius 2 is 2.00 bits per heavy atom. The van der Waals surface area contributed by atoms with Gasteiger partial charge in [-0.25, -0.2) is 4.98 Å². The van der Waals surface area contributed by atoms with Crippen molar-refractivity contribution in [3.8, 4) is 0 Å². The topological polar surface area (TPSA) is 69.5 Å². The van der Waals surface area contributed by atoms with Crippen LogP contribution in [0, 0.1) is 5.92 Å². The minimum atomic E-state index is 0.401. The third-order valence-corrected chi connectivity index (χ3v) is 6.34.